The zero-order chi connectivity index (χ0) is 35.4. The fourth-order valence-electron chi connectivity index (χ4n) is 4.89. The summed E-state index contributed by atoms with van der Waals surface area (Å²) in [6, 6.07) is 0. The van der Waals surface area contributed by atoms with E-state index in [-0.39, 0.29) is 19.6 Å². The monoisotopic (exact) mass is 702 g/mol. The van der Waals surface area contributed by atoms with Crippen LogP contribution >= 0.6 is 7.82 Å². The number of hydrogen-bond acceptors (Lipinski definition) is 8. The van der Waals surface area contributed by atoms with Crippen LogP contribution in [-0.4, -0.2) is 66.3 Å². The van der Waals surface area contributed by atoms with E-state index in [2.05, 4.69) is 50.3 Å². The molecule has 0 aromatic rings. The van der Waals surface area contributed by atoms with Crippen molar-refractivity contribution in [1.29, 1.82) is 0 Å². The standard InChI is InChI=1S/C38H71O9P/c1-3-5-7-9-11-13-14-15-16-17-18-19-20-21-22-23-24-26-28-30-38(41)47-37(35-46-48(42,43)45-33-36(40)32-39)34-44-31-29-27-25-12-10-8-6-4-2/h11,13,15-16,18-19,36-37,39-40H,3-10,12,14,17,20-35H2,1-2H3,(H,42,43)/b13-11-,16-15-,19-18-. The summed E-state index contributed by atoms with van der Waals surface area (Å²) in [6.07, 6.45) is 35.3. The first-order valence-electron chi connectivity index (χ1n) is 19.0. The van der Waals surface area contributed by atoms with E-state index in [0.717, 1.165) is 57.8 Å². The van der Waals surface area contributed by atoms with Gasteiger partial charge in [-0.25, -0.2) is 4.57 Å². The molecule has 3 N–H and O–H groups in total. The molecule has 10 heteroatoms. The van der Waals surface area contributed by atoms with Crippen LogP contribution in [0.1, 0.15) is 155 Å². The Morgan fingerprint density at radius 1 is 0.646 bits per heavy atom. The zero-order valence-electron chi connectivity index (χ0n) is 30.4. The summed E-state index contributed by atoms with van der Waals surface area (Å²) in [5.74, 6) is -0.397. The van der Waals surface area contributed by atoms with Gasteiger partial charge in [-0.05, 0) is 51.4 Å². The van der Waals surface area contributed by atoms with E-state index in [1.54, 1.807) is 0 Å². The molecule has 48 heavy (non-hydrogen) atoms. The molecule has 0 aliphatic carbocycles. The van der Waals surface area contributed by atoms with Gasteiger partial charge in [0.25, 0.3) is 0 Å². The van der Waals surface area contributed by atoms with Crippen molar-refractivity contribution < 1.29 is 43.0 Å². The van der Waals surface area contributed by atoms with E-state index in [0.29, 0.717) is 13.0 Å². The summed E-state index contributed by atoms with van der Waals surface area (Å²) in [5, 5.41) is 18.2. The Balaban J connectivity index is 4.19. The zero-order valence-corrected chi connectivity index (χ0v) is 31.3. The van der Waals surface area contributed by atoms with Crippen molar-refractivity contribution in [3.05, 3.63) is 36.5 Å². The first kappa shape index (κ1) is 46.7. The number of hydrogen-bond donors (Lipinski definition) is 3. The van der Waals surface area contributed by atoms with Crippen molar-refractivity contribution >= 4 is 13.8 Å². The van der Waals surface area contributed by atoms with Crippen molar-refractivity contribution in [1.82, 2.24) is 0 Å². The predicted molar refractivity (Wildman–Crippen MR) is 196 cm³/mol. The molecule has 282 valence electrons. The lowest BCUT2D eigenvalue weighted by atomic mass is 10.1. The Bertz CT molecular complexity index is 846. The van der Waals surface area contributed by atoms with E-state index in [1.165, 1.54) is 70.6 Å². The van der Waals surface area contributed by atoms with Crippen LogP contribution in [0, 0.1) is 0 Å². The Kier molecular flexibility index (Phi) is 34.5. The van der Waals surface area contributed by atoms with Gasteiger partial charge in [-0.1, -0.05) is 134 Å². The van der Waals surface area contributed by atoms with Crippen LogP contribution in [0.25, 0.3) is 0 Å². The lowest BCUT2D eigenvalue weighted by molar-refractivity contribution is -0.154. The van der Waals surface area contributed by atoms with Gasteiger partial charge in [0.15, 0.2) is 0 Å². The molecule has 0 heterocycles. The predicted octanol–water partition coefficient (Wildman–Crippen LogP) is 9.69. The van der Waals surface area contributed by atoms with Gasteiger partial charge < -0.3 is 24.6 Å². The third-order valence-electron chi connectivity index (χ3n) is 7.83. The van der Waals surface area contributed by atoms with Gasteiger partial charge in [0.2, 0.25) is 0 Å². The molecule has 3 unspecified atom stereocenters. The smallest absolute Gasteiger partial charge is 0.457 e. The molecule has 0 aliphatic rings. The molecule has 3 atom stereocenters. The van der Waals surface area contributed by atoms with Crippen LogP contribution in [0.15, 0.2) is 36.5 Å². The lowest BCUT2D eigenvalue weighted by Gasteiger charge is -2.20. The number of aliphatic hydroxyl groups is 2. The van der Waals surface area contributed by atoms with Crippen molar-refractivity contribution in [2.75, 3.05) is 33.0 Å². The number of phosphoric ester groups is 1. The van der Waals surface area contributed by atoms with Crippen LogP contribution in [0.2, 0.25) is 0 Å². The van der Waals surface area contributed by atoms with Crippen molar-refractivity contribution in [2.45, 2.75) is 167 Å². The molecule has 0 aromatic carbocycles. The van der Waals surface area contributed by atoms with Crippen molar-refractivity contribution in [2.24, 2.45) is 0 Å². The summed E-state index contributed by atoms with van der Waals surface area (Å²) in [7, 11) is -4.51. The molecular weight excluding hydrogens is 631 g/mol. The van der Waals surface area contributed by atoms with Gasteiger partial charge in [0.05, 0.1) is 26.4 Å². The van der Waals surface area contributed by atoms with E-state index in [4.69, 9.17) is 23.6 Å². The molecule has 9 nitrogen and oxygen atoms in total. The number of carbonyl (C=O) groups excluding carboxylic acids is 1. The Labute approximate surface area is 293 Å². The second-order valence-electron chi connectivity index (χ2n) is 12.6. The number of esters is 1. The average molecular weight is 703 g/mol. The second-order valence-corrected chi connectivity index (χ2v) is 14.1. The molecule has 0 bridgehead atoms. The summed E-state index contributed by atoms with van der Waals surface area (Å²) < 4.78 is 33.1. The molecule has 0 rings (SSSR count). The number of rotatable bonds is 36. The normalized spacial score (nSPS) is 14.7. The highest BCUT2D eigenvalue weighted by Crippen LogP contribution is 2.43. The summed E-state index contributed by atoms with van der Waals surface area (Å²) in [5.41, 5.74) is 0. The maximum atomic E-state index is 12.5. The third kappa shape index (κ3) is 34.5. The van der Waals surface area contributed by atoms with E-state index < -0.39 is 39.2 Å². The van der Waals surface area contributed by atoms with Gasteiger partial charge in [-0.15, -0.1) is 0 Å². The summed E-state index contributed by atoms with van der Waals surface area (Å²) >= 11 is 0. The molecule has 0 amide bonds. The number of phosphoric acid groups is 1. The van der Waals surface area contributed by atoms with Crippen LogP contribution in [0.5, 0.6) is 0 Å². The van der Waals surface area contributed by atoms with Gasteiger partial charge in [-0.2, -0.15) is 0 Å². The minimum atomic E-state index is -4.51. The van der Waals surface area contributed by atoms with Gasteiger partial charge in [-0.3, -0.25) is 13.8 Å². The van der Waals surface area contributed by atoms with Gasteiger partial charge in [0, 0.05) is 13.0 Å². The van der Waals surface area contributed by atoms with Crippen LogP contribution in [-0.2, 0) is 27.9 Å². The average Bonchev–Trinajstić information content (AvgIpc) is 3.07. The minimum Gasteiger partial charge on any atom is -0.457 e. The Morgan fingerprint density at radius 3 is 1.73 bits per heavy atom. The first-order valence-corrected chi connectivity index (χ1v) is 20.5. The molecule has 0 spiro atoms. The number of unbranched alkanes of at least 4 members (excludes halogenated alkanes) is 16. The number of allylic oxidation sites excluding steroid dienone is 6. The third-order valence-corrected chi connectivity index (χ3v) is 8.78. The van der Waals surface area contributed by atoms with E-state index in [9.17, 15) is 19.4 Å². The highest BCUT2D eigenvalue weighted by Gasteiger charge is 2.26. The van der Waals surface area contributed by atoms with E-state index in [1.807, 2.05) is 0 Å². The summed E-state index contributed by atoms with van der Waals surface area (Å²) in [6.45, 7) is 3.43. The molecular formula is C38H71O9P. The van der Waals surface area contributed by atoms with Crippen LogP contribution in [0.3, 0.4) is 0 Å². The van der Waals surface area contributed by atoms with E-state index >= 15 is 0 Å². The second kappa shape index (κ2) is 35.5. The first-order chi connectivity index (χ1) is 23.3. The molecule has 0 saturated carbocycles. The minimum absolute atomic E-state index is 0.0444. The number of aliphatic hydroxyl groups excluding tert-OH is 2. The highest BCUT2D eigenvalue weighted by atomic mass is 31.2. The van der Waals surface area contributed by atoms with Crippen LogP contribution in [0.4, 0.5) is 0 Å². The highest BCUT2D eigenvalue weighted by molar-refractivity contribution is 7.47. The summed E-state index contributed by atoms with van der Waals surface area (Å²) in [4.78, 5) is 22.4. The molecule has 0 radical (unpaired) electrons. The molecule has 0 aliphatic heterocycles. The van der Waals surface area contributed by atoms with Crippen molar-refractivity contribution in [3.63, 3.8) is 0 Å². The fraction of sp³-hybridized carbons (Fsp3) is 0.816. The number of ether oxygens (including phenoxy) is 2. The van der Waals surface area contributed by atoms with Crippen molar-refractivity contribution in [3.8, 4) is 0 Å². The van der Waals surface area contributed by atoms with Gasteiger partial charge >= 0.3 is 13.8 Å². The Morgan fingerprint density at radius 2 is 1.12 bits per heavy atom. The topological polar surface area (TPSA) is 132 Å². The SMILES string of the molecule is CCCCC/C=C\C/C=C\C/C=C\CCCCCCCCC(=O)OC(COCCCCCCCCCC)COP(=O)(O)OCC(O)CO. The Hall–Kier alpha value is -1.32. The molecule has 0 aromatic heterocycles. The quantitative estimate of drug-likeness (QED) is 0.0253. The number of carbonyl (C=O) groups is 1. The maximum absolute atomic E-state index is 12.5. The largest absolute Gasteiger partial charge is 0.472 e. The molecule has 0 fully saturated rings. The molecule has 0 saturated heterocycles. The van der Waals surface area contributed by atoms with Crippen LogP contribution < -0.4 is 0 Å². The lowest BCUT2D eigenvalue weighted by Crippen LogP contribution is -2.29. The van der Waals surface area contributed by atoms with Gasteiger partial charge in [0.1, 0.15) is 12.2 Å². The fourth-order valence-corrected chi connectivity index (χ4v) is 5.68. The maximum Gasteiger partial charge on any atom is 0.472 e.